The summed E-state index contributed by atoms with van der Waals surface area (Å²) < 4.78 is 10.7. The van der Waals surface area contributed by atoms with Crippen LogP contribution < -0.4 is 5.32 Å². The summed E-state index contributed by atoms with van der Waals surface area (Å²) in [6.45, 7) is 1.06. The van der Waals surface area contributed by atoms with E-state index in [1.807, 2.05) is 18.2 Å². The summed E-state index contributed by atoms with van der Waals surface area (Å²) in [7, 11) is 0. The second kappa shape index (κ2) is 9.17. The maximum Gasteiger partial charge on any atom is 0.241 e. The first-order valence-electron chi connectivity index (χ1n) is 9.92. The van der Waals surface area contributed by atoms with Gasteiger partial charge in [-0.05, 0) is 43.3 Å². The average Bonchev–Trinajstić information content (AvgIpc) is 3.21. The molecule has 0 aromatic carbocycles. The number of hydrogen-bond acceptors (Lipinski definition) is 6. The number of amides is 2. The van der Waals surface area contributed by atoms with Crippen LogP contribution in [0.15, 0.2) is 53.1 Å². The largest absolute Gasteiger partial charge is 0.454 e. The van der Waals surface area contributed by atoms with Crippen LogP contribution >= 0.6 is 12.2 Å². The number of thiocarbonyl (C=S) groups is 1. The molecule has 1 atom stereocenters. The van der Waals surface area contributed by atoms with E-state index in [1.165, 1.54) is 4.90 Å². The molecule has 30 heavy (non-hydrogen) atoms. The molecule has 9 heteroatoms. The Labute approximate surface area is 179 Å². The van der Waals surface area contributed by atoms with Crippen molar-refractivity contribution in [3.8, 4) is 0 Å². The fraction of sp³-hybridized carbons (Fsp3) is 0.381. The lowest BCUT2D eigenvalue weighted by Crippen LogP contribution is -2.46. The monoisotopic (exact) mass is 426 g/mol. The molecule has 156 valence electrons. The zero-order valence-electron chi connectivity index (χ0n) is 16.4. The molecule has 0 spiro atoms. The van der Waals surface area contributed by atoms with Crippen molar-refractivity contribution >= 4 is 34.9 Å². The minimum atomic E-state index is -0.491. The second-order valence-corrected chi connectivity index (χ2v) is 7.51. The molecule has 1 aromatic rings. The number of carbonyl (C=O) groups excluding carboxylic acids is 2. The smallest absolute Gasteiger partial charge is 0.241 e. The van der Waals surface area contributed by atoms with Gasteiger partial charge in [0.1, 0.15) is 5.92 Å². The van der Waals surface area contributed by atoms with E-state index in [0.717, 1.165) is 25.0 Å². The predicted molar refractivity (Wildman–Crippen MR) is 113 cm³/mol. The van der Waals surface area contributed by atoms with Crippen molar-refractivity contribution in [2.24, 2.45) is 10.9 Å². The van der Waals surface area contributed by atoms with Crippen LogP contribution in [0.1, 0.15) is 31.4 Å². The molecule has 8 nitrogen and oxygen atoms in total. The van der Waals surface area contributed by atoms with Crippen LogP contribution in [-0.2, 0) is 25.6 Å². The van der Waals surface area contributed by atoms with Gasteiger partial charge >= 0.3 is 0 Å². The molecule has 3 aliphatic rings. The van der Waals surface area contributed by atoms with E-state index in [1.54, 1.807) is 18.3 Å². The SMILES string of the molecule is O=C(CCCCCN1C(=O)C2C=C3OCOC3=CC2=NC1=S)NCc1ccccn1. The van der Waals surface area contributed by atoms with Gasteiger partial charge < -0.3 is 14.8 Å². The van der Waals surface area contributed by atoms with Gasteiger partial charge in [-0.3, -0.25) is 19.5 Å². The third-order valence-corrected chi connectivity index (χ3v) is 5.37. The molecule has 0 radical (unpaired) electrons. The molecule has 0 saturated carbocycles. The fourth-order valence-electron chi connectivity index (χ4n) is 3.45. The molecule has 4 rings (SSSR count). The Bertz CT molecular complexity index is 942. The normalized spacial score (nSPS) is 19.7. The Morgan fingerprint density at radius 1 is 1.23 bits per heavy atom. The van der Waals surface area contributed by atoms with Gasteiger partial charge in [0.2, 0.25) is 23.7 Å². The molecule has 1 fully saturated rings. The highest BCUT2D eigenvalue weighted by Crippen LogP contribution is 2.31. The van der Waals surface area contributed by atoms with Crippen molar-refractivity contribution < 1.29 is 19.1 Å². The summed E-state index contributed by atoms with van der Waals surface area (Å²) in [5.74, 6) is 0.577. The van der Waals surface area contributed by atoms with Gasteiger partial charge in [0.15, 0.2) is 11.5 Å². The van der Waals surface area contributed by atoms with Gasteiger partial charge in [-0.15, -0.1) is 0 Å². The van der Waals surface area contributed by atoms with Crippen LogP contribution in [0, 0.1) is 5.92 Å². The molecule has 3 heterocycles. The molecule has 2 amide bonds. The van der Waals surface area contributed by atoms with E-state index in [9.17, 15) is 9.59 Å². The number of pyridine rings is 1. The van der Waals surface area contributed by atoms with E-state index in [-0.39, 0.29) is 23.7 Å². The lowest BCUT2D eigenvalue weighted by molar-refractivity contribution is -0.128. The van der Waals surface area contributed by atoms with Crippen molar-refractivity contribution in [1.29, 1.82) is 0 Å². The molecular weight excluding hydrogens is 404 g/mol. The average molecular weight is 426 g/mol. The Balaban J connectivity index is 1.20. The predicted octanol–water partition coefficient (Wildman–Crippen LogP) is 2.23. The summed E-state index contributed by atoms with van der Waals surface area (Å²) in [6.07, 6.45) is 7.90. The first kappa shape index (κ1) is 20.2. The number of hydrogen-bond donors (Lipinski definition) is 1. The van der Waals surface area contributed by atoms with Crippen molar-refractivity contribution in [3.05, 3.63) is 53.8 Å². The summed E-state index contributed by atoms with van der Waals surface area (Å²) in [5.41, 5.74) is 1.42. The zero-order valence-corrected chi connectivity index (χ0v) is 17.2. The highest BCUT2D eigenvalue weighted by Gasteiger charge is 2.38. The van der Waals surface area contributed by atoms with Gasteiger partial charge in [0.05, 0.1) is 18.0 Å². The van der Waals surface area contributed by atoms with E-state index in [0.29, 0.717) is 36.7 Å². The third-order valence-electron chi connectivity index (χ3n) is 5.05. The number of nitrogens with one attached hydrogen (secondary N) is 1. The quantitative estimate of drug-likeness (QED) is 0.506. The first-order valence-corrected chi connectivity index (χ1v) is 10.3. The number of carbonyl (C=O) groups is 2. The number of aromatic nitrogens is 1. The fourth-order valence-corrected chi connectivity index (χ4v) is 3.74. The molecule has 1 unspecified atom stereocenters. The number of rotatable bonds is 8. The van der Waals surface area contributed by atoms with Crippen molar-refractivity contribution in [2.45, 2.75) is 32.2 Å². The number of fused-ring (bicyclic) bond motifs is 2. The molecule has 2 aliphatic heterocycles. The zero-order chi connectivity index (χ0) is 20.9. The second-order valence-electron chi connectivity index (χ2n) is 7.14. The highest BCUT2D eigenvalue weighted by atomic mass is 32.1. The number of allylic oxidation sites excluding steroid dienone is 1. The Hall–Kier alpha value is -3.07. The number of nitrogens with zero attached hydrogens (tertiary/aromatic N) is 3. The van der Waals surface area contributed by atoms with Gasteiger partial charge in [-0.25, -0.2) is 4.99 Å². The third kappa shape index (κ3) is 4.56. The van der Waals surface area contributed by atoms with Crippen molar-refractivity contribution in [3.63, 3.8) is 0 Å². The summed E-state index contributed by atoms with van der Waals surface area (Å²) >= 11 is 5.32. The highest BCUT2D eigenvalue weighted by molar-refractivity contribution is 7.80. The summed E-state index contributed by atoms with van der Waals surface area (Å²) in [4.78, 5) is 34.9. The molecule has 1 aliphatic carbocycles. The minimum absolute atomic E-state index is 0.00494. The maximum atomic E-state index is 12.9. The lowest BCUT2D eigenvalue weighted by atomic mass is 9.93. The standard InChI is InChI=1S/C21H22N4O4S/c26-19(23-12-14-6-3-4-8-22-14)7-2-1-5-9-25-20(27)15-10-17-18(29-13-28-17)11-16(15)24-21(25)30/h3-4,6,8,10-11,15H,1-2,5,7,9,12-13H2,(H,23,26). The van der Waals surface area contributed by atoms with Crippen LogP contribution in [0.4, 0.5) is 0 Å². The van der Waals surface area contributed by atoms with Crippen molar-refractivity contribution in [2.75, 3.05) is 13.3 Å². The van der Waals surface area contributed by atoms with Crippen LogP contribution in [0.2, 0.25) is 0 Å². The van der Waals surface area contributed by atoms with Crippen LogP contribution in [0.5, 0.6) is 0 Å². The van der Waals surface area contributed by atoms with Crippen molar-refractivity contribution in [1.82, 2.24) is 15.2 Å². The van der Waals surface area contributed by atoms with Gasteiger partial charge in [-0.1, -0.05) is 12.5 Å². The van der Waals surface area contributed by atoms with E-state index in [4.69, 9.17) is 21.7 Å². The van der Waals surface area contributed by atoms with Crippen LogP contribution in [-0.4, -0.2) is 45.9 Å². The van der Waals surface area contributed by atoms with Gasteiger partial charge in [-0.2, -0.15) is 0 Å². The number of ether oxygens (including phenoxy) is 2. The number of aliphatic imine (C=N–C) groups is 1. The van der Waals surface area contributed by atoms with Gasteiger partial charge in [0.25, 0.3) is 0 Å². The molecular formula is C21H22N4O4S. The molecule has 1 saturated heterocycles. The molecule has 1 aromatic heterocycles. The summed E-state index contributed by atoms with van der Waals surface area (Å²) in [6, 6.07) is 5.60. The Morgan fingerprint density at radius 3 is 2.93 bits per heavy atom. The Morgan fingerprint density at radius 2 is 2.10 bits per heavy atom. The molecule has 0 bridgehead atoms. The minimum Gasteiger partial charge on any atom is -0.454 e. The Kier molecular flexibility index (Phi) is 6.18. The van der Waals surface area contributed by atoms with Crippen LogP contribution in [0.25, 0.3) is 0 Å². The summed E-state index contributed by atoms with van der Waals surface area (Å²) in [5, 5.41) is 3.13. The topological polar surface area (TPSA) is 93.1 Å². The lowest BCUT2D eigenvalue weighted by Gasteiger charge is -2.30. The van der Waals surface area contributed by atoms with E-state index >= 15 is 0 Å². The van der Waals surface area contributed by atoms with E-state index in [2.05, 4.69) is 15.3 Å². The maximum absolute atomic E-state index is 12.9. The van der Waals surface area contributed by atoms with E-state index < -0.39 is 5.92 Å². The first-order chi connectivity index (χ1) is 14.6. The number of unbranched alkanes of at least 4 members (excludes halogenated alkanes) is 2. The molecule has 1 N–H and O–H groups in total. The van der Waals surface area contributed by atoms with Crippen LogP contribution in [0.3, 0.4) is 0 Å². The van der Waals surface area contributed by atoms with Gasteiger partial charge in [0, 0.05) is 25.2 Å².